The largest absolute Gasteiger partial charge is 0.261 e. The van der Waals surface area contributed by atoms with Crippen LogP contribution in [-0.2, 0) is 0 Å². The fourth-order valence-electron chi connectivity index (χ4n) is 4.02. The molecule has 0 saturated carbocycles. The van der Waals surface area contributed by atoms with Gasteiger partial charge in [0, 0.05) is 30.5 Å². The van der Waals surface area contributed by atoms with Crippen molar-refractivity contribution in [2.45, 2.75) is 126 Å². The Hall–Kier alpha value is -2.69. The van der Waals surface area contributed by atoms with E-state index in [0.717, 1.165) is 28.5 Å². The van der Waals surface area contributed by atoms with Gasteiger partial charge in [-0.05, 0) is 54.1 Å². The molecule has 3 heterocycles. The van der Waals surface area contributed by atoms with Crippen molar-refractivity contribution in [2.24, 2.45) is 0 Å². The molecular formula is C32H51N5. The monoisotopic (exact) mass is 505 g/mol. The van der Waals surface area contributed by atoms with E-state index in [1.165, 1.54) is 11.3 Å². The molecule has 0 N–H and O–H groups in total. The van der Waals surface area contributed by atoms with Gasteiger partial charge in [-0.2, -0.15) is 0 Å². The predicted octanol–water partition coefficient (Wildman–Crippen LogP) is 9.08. The lowest BCUT2D eigenvalue weighted by molar-refractivity contribution is 0.720. The third-order valence-electron chi connectivity index (χ3n) is 5.93. The van der Waals surface area contributed by atoms with Gasteiger partial charge in [-0.3, -0.25) is 24.9 Å². The second kappa shape index (κ2) is 15.5. The van der Waals surface area contributed by atoms with Crippen LogP contribution in [0.1, 0.15) is 158 Å². The van der Waals surface area contributed by atoms with E-state index < -0.39 is 0 Å². The average molecular weight is 506 g/mol. The highest BCUT2D eigenvalue weighted by atomic mass is 14.8. The summed E-state index contributed by atoms with van der Waals surface area (Å²) in [7, 11) is 0. The van der Waals surface area contributed by atoms with Crippen LogP contribution >= 0.6 is 0 Å². The van der Waals surface area contributed by atoms with Crippen molar-refractivity contribution in [2.75, 3.05) is 0 Å². The zero-order valence-corrected chi connectivity index (χ0v) is 25.7. The van der Waals surface area contributed by atoms with Crippen LogP contribution in [-0.4, -0.2) is 24.9 Å². The first kappa shape index (κ1) is 32.3. The minimum absolute atomic E-state index is 0.463. The maximum absolute atomic E-state index is 4.53. The molecule has 0 atom stereocenters. The second-order valence-corrected chi connectivity index (χ2v) is 11.5. The lowest BCUT2D eigenvalue weighted by atomic mass is 9.96. The van der Waals surface area contributed by atoms with Gasteiger partial charge in [0.15, 0.2) is 0 Å². The van der Waals surface area contributed by atoms with E-state index in [1.54, 1.807) is 12.4 Å². The molecule has 3 aromatic rings. The zero-order chi connectivity index (χ0) is 28.3. The van der Waals surface area contributed by atoms with E-state index in [4.69, 9.17) is 0 Å². The van der Waals surface area contributed by atoms with Gasteiger partial charge in [-0.1, -0.05) is 89.2 Å². The van der Waals surface area contributed by atoms with Crippen LogP contribution in [0.5, 0.6) is 0 Å². The highest BCUT2D eigenvalue weighted by Gasteiger charge is 2.13. The molecule has 0 aliphatic rings. The van der Waals surface area contributed by atoms with Crippen LogP contribution in [0.2, 0.25) is 0 Å². The quantitative estimate of drug-likeness (QED) is 0.334. The van der Waals surface area contributed by atoms with Crippen molar-refractivity contribution in [3.63, 3.8) is 0 Å². The Labute approximate surface area is 227 Å². The highest BCUT2D eigenvalue weighted by Crippen LogP contribution is 2.24. The number of aryl methyl sites for hydroxylation is 1. The Bertz CT molecular complexity index is 959. The molecule has 0 aliphatic carbocycles. The SMILES string of the molecule is CC(C)c1cccnc1C(C)C.CC(C)c1nccnc1C(C)C.Cc1cnc(C(C)C)c(C(C)C)n1. The Morgan fingerprint density at radius 2 is 0.865 bits per heavy atom. The third-order valence-corrected chi connectivity index (χ3v) is 5.93. The molecule has 0 amide bonds. The van der Waals surface area contributed by atoms with E-state index in [1.807, 2.05) is 25.4 Å². The van der Waals surface area contributed by atoms with Gasteiger partial charge in [0.2, 0.25) is 0 Å². The second-order valence-electron chi connectivity index (χ2n) is 11.5. The van der Waals surface area contributed by atoms with Gasteiger partial charge in [-0.15, -0.1) is 0 Å². The van der Waals surface area contributed by atoms with Crippen LogP contribution in [0.25, 0.3) is 0 Å². The summed E-state index contributed by atoms with van der Waals surface area (Å²) in [5.74, 6) is 2.97. The minimum atomic E-state index is 0.463. The molecule has 37 heavy (non-hydrogen) atoms. The number of hydrogen-bond acceptors (Lipinski definition) is 5. The van der Waals surface area contributed by atoms with Crippen LogP contribution in [0.3, 0.4) is 0 Å². The number of hydrogen-bond donors (Lipinski definition) is 0. The molecule has 5 heteroatoms. The molecule has 0 aromatic carbocycles. The zero-order valence-electron chi connectivity index (χ0n) is 25.7. The highest BCUT2D eigenvalue weighted by molar-refractivity contribution is 5.25. The van der Waals surface area contributed by atoms with Gasteiger partial charge in [0.05, 0.1) is 28.5 Å². The Kier molecular flexibility index (Phi) is 13.6. The van der Waals surface area contributed by atoms with Crippen molar-refractivity contribution in [1.29, 1.82) is 0 Å². The lowest BCUT2D eigenvalue weighted by Gasteiger charge is -2.13. The molecule has 3 aromatic heterocycles. The maximum Gasteiger partial charge on any atom is 0.0649 e. The summed E-state index contributed by atoms with van der Waals surface area (Å²) < 4.78 is 0. The van der Waals surface area contributed by atoms with Gasteiger partial charge < -0.3 is 0 Å². The summed E-state index contributed by atoms with van der Waals surface area (Å²) in [4.78, 5) is 22.0. The molecule has 204 valence electrons. The molecule has 5 nitrogen and oxygen atoms in total. The fraction of sp³-hybridized carbons (Fsp3) is 0.594. The summed E-state index contributed by atoms with van der Waals surface area (Å²) >= 11 is 0. The lowest BCUT2D eigenvalue weighted by Crippen LogP contribution is -2.05. The van der Waals surface area contributed by atoms with Gasteiger partial charge >= 0.3 is 0 Å². The summed E-state index contributed by atoms with van der Waals surface area (Å²) in [5, 5.41) is 0. The normalized spacial score (nSPS) is 11.2. The molecule has 0 aliphatic heterocycles. The van der Waals surface area contributed by atoms with Crippen molar-refractivity contribution in [3.05, 3.63) is 76.6 Å². The standard InChI is InChI=1S/C11H18N2.C11H17N.C10H16N2/c1-7(2)10-11(8(3)4)13-9(5)6-12-10;1-8(2)10-6-5-7-12-11(10)9(3)4;1-7(2)9-10(8(3)4)12-6-5-11-9/h6-8H,1-5H3;5-9H,1-4H3;5-8H,1-4H3. The molecule has 0 fully saturated rings. The first-order valence-electron chi connectivity index (χ1n) is 13.9. The van der Waals surface area contributed by atoms with Crippen molar-refractivity contribution >= 4 is 0 Å². The van der Waals surface area contributed by atoms with E-state index in [2.05, 4.69) is 114 Å². The summed E-state index contributed by atoms with van der Waals surface area (Å²) in [6.45, 7) is 28.0. The van der Waals surface area contributed by atoms with E-state index in [-0.39, 0.29) is 0 Å². The Morgan fingerprint density at radius 1 is 0.459 bits per heavy atom. The molecule has 0 bridgehead atoms. The Morgan fingerprint density at radius 3 is 1.24 bits per heavy atom. The summed E-state index contributed by atoms with van der Waals surface area (Å²) in [6, 6.07) is 4.19. The molecule has 0 saturated heterocycles. The Balaban J connectivity index is 0.000000278. The molecular weight excluding hydrogens is 454 g/mol. The van der Waals surface area contributed by atoms with Gasteiger partial charge in [-0.25, -0.2) is 0 Å². The number of aromatic nitrogens is 5. The van der Waals surface area contributed by atoms with Crippen LogP contribution in [0, 0.1) is 6.92 Å². The number of rotatable bonds is 6. The molecule has 0 spiro atoms. The number of nitrogens with zero attached hydrogens (tertiary/aromatic N) is 5. The maximum atomic E-state index is 4.53. The first-order valence-corrected chi connectivity index (χ1v) is 13.9. The van der Waals surface area contributed by atoms with E-state index in [0.29, 0.717) is 35.5 Å². The minimum Gasteiger partial charge on any atom is -0.261 e. The summed E-state index contributed by atoms with van der Waals surface area (Å²) in [6.07, 6.45) is 7.25. The molecule has 3 rings (SSSR count). The van der Waals surface area contributed by atoms with Crippen LogP contribution in [0.15, 0.2) is 36.9 Å². The van der Waals surface area contributed by atoms with Gasteiger partial charge in [0.1, 0.15) is 0 Å². The topological polar surface area (TPSA) is 64.5 Å². The first-order chi connectivity index (χ1) is 17.3. The fourth-order valence-corrected chi connectivity index (χ4v) is 4.02. The molecule has 0 unspecified atom stereocenters. The number of pyridine rings is 1. The predicted molar refractivity (Wildman–Crippen MR) is 158 cm³/mol. The van der Waals surface area contributed by atoms with Crippen LogP contribution < -0.4 is 0 Å². The van der Waals surface area contributed by atoms with E-state index in [9.17, 15) is 0 Å². The van der Waals surface area contributed by atoms with E-state index >= 15 is 0 Å². The van der Waals surface area contributed by atoms with Crippen LogP contribution in [0.4, 0.5) is 0 Å². The third kappa shape index (κ3) is 10.3. The van der Waals surface area contributed by atoms with Crippen molar-refractivity contribution in [1.82, 2.24) is 24.9 Å². The smallest absolute Gasteiger partial charge is 0.0649 e. The molecule has 0 radical (unpaired) electrons. The average Bonchev–Trinajstić information content (AvgIpc) is 2.84. The van der Waals surface area contributed by atoms with Gasteiger partial charge in [0.25, 0.3) is 0 Å². The summed E-state index contributed by atoms with van der Waals surface area (Å²) in [5.41, 5.74) is 8.18. The van der Waals surface area contributed by atoms with Crippen molar-refractivity contribution in [3.8, 4) is 0 Å². The van der Waals surface area contributed by atoms with Crippen molar-refractivity contribution < 1.29 is 0 Å².